The fourth-order valence-corrected chi connectivity index (χ4v) is 4.84. The molecule has 1 aliphatic rings. The third-order valence-electron chi connectivity index (χ3n) is 5.23. The zero-order valence-corrected chi connectivity index (χ0v) is 17.8. The Morgan fingerprint density at radius 1 is 1.03 bits per heavy atom. The highest BCUT2D eigenvalue weighted by atomic mass is 32.2. The SMILES string of the molecule is Cc1ccccc1CNC(=O)CN1CCN(S(=O)(=O)c2cccc(C(F)(F)F)c2)CC1. The van der Waals surface area contributed by atoms with Crippen LogP contribution in [-0.2, 0) is 27.5 Å². The van der Waals surface area contributed by atoms with Gasteiger partial charge in [-0.2, -0.15) is 17.5 Å². The molecular weight excluding hydrogens is 431 g/mol. The van der Waals surface area contributed by atoms with Gasteiger partial charge in [0.15, 0.2) is 0 Å². The highest BCUT2D eigenvalue weighted by molar-refractivity contribution is 7.89. The summed E-state index contributed by atoms with van der Waals surface area (Å²) >= 11 is 0. The number of benzene rings is 2. The van der Waals surface area contributed by atoms with Crippen LogP contribution < -0.4 is 5.32 Å². The number of aryl methyl sites for hydroxylation is 1. The number of sulfonamides is 1. The minimum absolute atomic E-state index is 0.101. The molecule has 6 nitrogen and oxygen atoms in total. The van der Waals surface area contributed by atoms with Gasteiger partial charge in [-0.1, -0.05) is 30.3 Å². The first-order chi connectivity index (χ1) is 14.6. The standard InChI is InChI=1S/C21H24F3N3O3S/c1-16-5-2-3-6-17(16)14-25-20(28)15-26-9-11-27(12-10-26)31(29,30)19-8-4-7-18(13-19)21(22,23)24/h2-8,13H,9-12,14-15H2,1H3,(H,25,28). The molecule has 10 heteroatoms. The van der Waals surface area contributed by atoms with Crippen molar-refractivity contribution in [2.75, 3.05) is 32.7 Å². The maximum absolute atomic E-state index is 12.9. The van der Waals surface area contributed by atoms with Gasteiger partial charge in [0.1, 0.15) is 0 Å². The predicted octanol–water partition coefficient (Wildman–Crippen LogP) is 2.64. The first kappa shape index (κ1) is 23.2. The van der Waals surface area contributed by atoms with Gasteiger partial charge in [0.05, 0.1) is 17.0 Å². The van der Waals surface area contributed by atoms with Crippen molar-refractivity contribution < 1.29 is 26.4 Å². The molecule has 0 unspecified atom stereocenters. The number of halogens is 3. The summed E-state index contributed by atoms with van der Waals surface area (Å²) < 4.78 is 65.4. The number of nitrogens with one attached hydrogen (secondary N) is 1. The van der Waals surface area contributed by atoms with E-state index in [-0.39, 0.29) is 30.4 Å². The molecule has 31 heavy (non-hydrogen) atoms. The molecule has 0 aromatic heterocycles. The van der Waals surface area contributed by atoms with Gasteiger partial charge in [0.25, 0.3) is 0 Å². The molecule has 1 heterocycles. The van der Waals surface area contributed by atoms with Crippen LogP contribution in [0.25, 0.3) is 0 Å². The molecule has 168 valence electrons. The van der Waals surface area contributed by atoms with Crippen LogP contribution in [0.5, 0.6) is 0 Å². The molecule has 1 amide bonds. The lowest BCUT2D eigenvalue weighted by molar-refractivity contribution is -0.137. The van der Waals surface area contributed by atoms with Crippen molar-refractivity contribution in [3.63, 3.8) is 0 Å². The maximum atomic E-state index is 12.9. The Labute approximate surface area is 179 Å². The zero-order chi connectivity index (χ0) is 22.6. The van der Waals surface area contributed by atoms with Crippen LogP contribution in [0.4, 0.5) is 13.2 Å². The van der Waals surface area contributed by atoms with Gasteiger partial charge in [0, 0.05) is 32.7 Å². The van der Waals surface area contributed by atoms with E-state index in [2.05, 4.69) is 5.32 Å². The third-order valence-corrected chi connectivity index (χ3v) is 7.13. The second kappa shape index (κ2) is 9.37. The molecule has 0 bridgehead atoms. The Bertz CT molecular complexity index is 1030. The highest BCUT2D eigenvalue weighted by Crippen LogP contribution is 2.31. The summed E-state index contributed by atoms with van der Waals surface area (Å²) in [6, 6.07) is 11.5. The van der Waals surface area contributed by atoms with Crippen LogP contribution in [0.15, 0.2) is 53.4 Å². The summed E-state index contributed by atoms with van der Waals surface area (Å²) in [6.07, 6.45) is -4.62. The molecule has 3 rings (SSSR count). The second-order valence-corrected chi connectivity index (χ2v) is 9.35. The molecule has 1 N–H and O–H groups in total. The van der Waals surface area contributed by atoms with Gasteiger partial charge in [-0.05, 0) is 36.2 Å². The first-order valence-electron chi connectivity index (χ1n) is 9.78. The molecule has 0 atom stereocenters. The van der Waals surface area contributed by atoms with Crippen molar-refractivity contribution in [1.29, 1.82) is 0 Å². The average molecular weight is 456 g/mol. The lowest BCUT2D eigenvalue weighted by Gasteiger charge is -2.33. The average Bonchev–Trinajstić information content (AvgIpc) is 2.73. The number of hydrogen-bond donors (Lipinski definition) is 1. The molecule has 0 spiro atoms. The number of hydrogen-bond acceptors (Lipinski definition) is 4. The van der Waals surface area contributed by atoms with Crippen molar-refractivity contribution in [2.45, 2.75) is 24.5 Å². The number of piperazine rings is 1. The van der Waals surface area contributed by atoms with Gasteiger partial charge in [0.2, 0.25) is 15.9 Å². The smallest absolute Gasteiger partial charge is 0.351 e. The normalized spacial score (nSPS) is 16.3. The van der Waals surface area contributed by atoms with E-state index in [9.17, 15) is 26.4 Å². The van der Waals surface area contributed by atoms with Crippen LogP contribution >= 0.6 is 0 Å². The third kappa shape index (κ3) is 5.84. The number of rotatable bonds is 6. The van der Waals surface area contributed by atoms with Crippen LogP contribution in [0.2, 0.25) is 0 Å². The molecule has 1 saturated heterocycles. The molecule has 1 fully saturated rings. The molecule has 0 saturated carbocycles. The molecular formula is C21H24F3N3O3S. The van der Waals surface area contributed by atoms with E-state index < -0.39 is 21.8 Å². The second-order valence-electron chi connectivity index (χ2n) is 7.41. The Morgan fingerprint density at radius 2 is 1.71 bits per heavy atom. The quantitative estimate of drug-likeness (QED) is 0.727. The van der Waals surface area contributed by atoms with E-state index in [1.807, 2.05) is 36.1 Å². The summed E-state index contributed by atoms with van der Waals surface area (Å²) in [7, 11) is -4.04. The summed E-state index contributed by atoms with van der Waals surface area (Å²) in [5.41, 5.74) is 1.10. The predicted molar refractivity (Wildman–Crippen MR) is 110 cm³/mol. The molecule has 0 radical (unpaired) electrons. The zero-order valence-electron chi connectivity index (χ0n) is 17.0. The molecule has 2 aromatic rings. The van der Waals surface area contributed by atoms with E-state index in [0.717, 1.165) is 33.6 Å². The minimum atomic E-state index is -4.62. The lowest BCUT2D eigenvalue weighted by Crippen LogP contribution is -2.51. The van der Waals surface area contributed by atoms with Gasteiger partial charge in [-0.15, -0.1) is 0 Å². The Morgan fingerprint density at radius 3 is 2.35 bits per heavy atom. The lowest BCUT2D eigenvalue weighted by atomic mass is 10.1. The van der Waals surface area contributed by atoms with Crippen molar-refractivity contribution in [2.24, 2.45) is 0 Å². The van der Waals surface area contributed by atoms with Gasteiger partial charge >= 0.3 is 6.18 Å². The summed E-state index contributed by atoms with van der Waals surface area (Å²) in [6.45, 7) is 3.34. The van der Waals surface area contributed by atoms with Crippen LogP contribution in [0.3, 0.4) is 0 Å². The van der Waals surface area contributed by atoms with E-state index in [4.69, 9.17) is 0 Å². The molecule has 1 aliphatic heterocycles. The number of amides is 1. The van der Waals surface area contributed by atoms with Crippen molar-refractivity contribution >= 4 is 15.9 Å². The monoisotopic (exact) mass is 455 g/mol. The van der Waals surface area contributed by atoms with Gasteiger partial charge < -0.3 is 5.32 Å². The Kier molecular flexibility index (Phi) is 7.03. The fourth-order valence-electron chi connectivity index (χ4n) is 3.37. The highest BCUT2D eigenvalue weighted by Gasteiger charge is 2.34. The van der Waals surface area contributed by atoms with Crippen molar-refractivity contribution in [3.05, 3.63) is 65.2 Å². The number of carbonyl (C=O) groups excluding carboxylic acids is 1. The largest absolute Gasteiger partial charge is 0.416 e. The Hall–Kier alpha value is -2.43. The first-order valence-corrected chi connectivity index (χ1v) is 11.2. The van der Waals surface area contributed by atoms with Crippen LogP contribution in [-0.4, -0.2) is 56.3 Å². The summed E-state index contributed by atoms with van der Waals surface area (Å²) in [5, 5.41) is 2.86. The number of carbonyl (C=O) groups is 1. The molecule has 2 aromatic carbocycles. The summed E-state index contributed by atoms with van der Waals surface area (Å²) in [4.78, 5) is 13.7. The van der Waals surface area contributed by atoms with E-state index in [1.165, 1.54) is 0 Å². The van der Waals surface area contributed by atoms with E-state index in [0.29, 0.717) is 25.7 Å². The van der Waals surface area contributed by atoms with Crippen molar-refractivity contribution in [3.8, 4) is 0 Å². The van der Waals surface area contributed by atoms with E-state index in [1.54, 1.807) is 0 Å². The maximum Gasteiger partial charge on any atom is 0.416 e. The molecule has 0 aliphatic carbocycles. The van der Waals surface area contributed by atoms with Gasteiger partial charge in [-0.25, -0.2) is 8.42 Å². The Balaban J connectivity index is 1.54. The number of nitrogens with zero attached hydrogens (tertiary/aromatic N) is 2. The minimum Gasteiger partial charge on any atom is -0.351 e. The van der Waals surface area contributed by atoms with E-state index >= 15 is 0 Å². The van der Waals surface area contributed by atoms with Crippen LogP contribution in [0.1, 0.15) is 16.7 Å². The fraction of sp³-hybridized carbons (Fsp3) is 0.381. The van der Waals surface area contributed by atoms with Gasteiger partial charge in [-0.3, -0.25) is 9.69 Å². The van der Waals surface area contributed by atoms with Crippen LogP contribution in [0, 0.1) is 6.92 Å². The topological polar surface area (TPSA) is 69.7 Å². The van der Waals surface area contributed by atoms with Crippen molar-refractivity contribution in [1.82, 2.24) is 14.5 Å². The summed E-state index contributed by atoms with van der Waals surface area (Å²) in [5.74, 6) is -0.169. The number of alkyl halides is 3.